The number of hydrogen-bond acceptors (Lipinski definition) is 3. The van der Waals surface area contributed by atoms with Crippen LogP contribution in [0.3, 0.4) is 0 Å². The molecule has 94 valence electrons. The summed E-state index contributed by atoms with van der Waals surface area (Å²) >= 11 is 0. The Hall–Kier alpha value is -0.610. The molecule has 4 heteroatoms. The number of ether oxygens (including phenoxy) is 1. The third kappa shape index (κ3) is 59.8. The van der Waals surface area contributed by atoms with Crippen molar-refractivity contribution in [2.45, 2.75) is 46.5 Å². The highest BCUT2D eigenvalue weighted by atomic mass is 16.5. The second-order valence-corrected chi connectivity index (χ2v) is 2.84. The lowest BCUT2D eigenvalue weighted by Crippen LogP contribution is -1.95. The Morgan fingerprint density at radius 2 is 1.33 bits per heavy atom. The van der Waals surface area contributed by atoms with Gasteiger partial charge in [0.15, 0.2) is 0 Å². The van der Waals surface area contributed by atoms with E-state index >= 15 is 0 Å². The second kappa shape index (κ2) is 23.3. The van der Waals surface area contributed by atoms with Gasteiger partial charge in [0.2, 0.25) is 0 Å². The van der Waals surface area contributed by atoms with Crippen molar-refractivity contribution in [2.24, 2.45) is 0 Å². The molecule has 0 saturated carbocycles. The molecule has 4 nitrogen and oxygen atoms in total. The van der Waals surface area contributed by atoms with E-state index in [9.17, 15) is 0 Å². The summed E-state index contributed by atoms with van der Waals surface area (Å²) < 4.78 is 5.31. The van der Waals surface area contributed by atoms with Crippen molar-refractivity contribution < 1.29 is 19.7 Å². The van der Waals surface area contributed by atoms with Crippen molar-refractivity contribution >= 4 is 5.97 Å². The largest absolute Gasteiger partial charge is 0.481 e. The van der Waals surface area contributed by atoms with Crippen LogP contribution in [0.5, 0.6) is 0 Å². The Morgan fingerprint density at radius 1 is 1.07 bits per heavy atom. The van der Waals surface area contributed by atoms with Crippen LogP contribution in [0.2, 0.25) is 0 Å². The van der Waals surface area contributed by atoms with Gasteiger partial charge in [-0.1, -0.05) is 26.7 Å². The summed E-state index contributed by atoms with van der Waals surface area (Å²) in [5.41, 5.74) is 0. The van der Waals surface area contributed by atoms with Crippen LogP contribution in [0.1, 0.15) is 46.5 Å². The van der Waals surface area contributed by atoms with Crippen molar-refractivity contribution in [1.29, 1.82) is 0 Å². The number of aliphatic hydroxyl groups excluding tert-OH is 1. The number of rotatable bonds is 6. The molecule has 0 heterocycles. The Labute approximate surface area is 93.3 Å². The summed E-state index contributed by atoms with van der Waals surface area (Å²) in [6.45, 7) is 7.36. The van der Waals surface area contributed by atoms with Gasteiger partial charge in [0, 0.05) is 27.2 Å². The van der Waals surface area contributed by atoms with E-state index in [1.807, 2.05) is 0 Å². The summed E-state index contributed by atoms with van der Waals surface area (Å²) in [5.74, 6) is -0.833. The van der Waals surface area contributed by atoms with Gasteiger partial charge in [0.05, 0.1) is 0 Å². The third-order valence-corrected chi connectivity index (χ3v) is 1.28. The first-order chi connectivity index (χ1) is 7.15. The molecule has 0 unspecified atom stereocenters. The predicted molar refractivity (Wildman–Crippen MR) is 62.1 cm³/mol. The van der Waals surface area contributed by atoms with Gasteiger partial charge < -0.3 is 14.9 Å². The van der Waals surface area contributed by atoms with Gasteiger partial charge in [0.25, 0.3) is 5.97 Å². The SMILES string of the molecule is CC(=O)O.CCCCOCCCC.CO. The van der Waals surface area contributed by atoms with Crippen LogP contribution in [0.4, 0.5) is 0 Å². The Balaban J connectivity index is -0.000000202. The molecule has 0 atom stereocenters. The molecule has 0 spiro atoms. The van der Waals surface area contributed by atoms with Gasteiger partial charge in [0.1, 0.15) is 0 Å². The van der Waals surface area contributed by atoms with Crippen LogP contribution in [0.15, 0.2) is 0 Å². The van der Waals surface area contributed by atoms with Gasteiger partial charge in [-0.25, -0.2) is 0 Å². The molecular weight excluding hydrogens is 196 g/mol. The quantitative estimate of drug-likeness (QED) is 0.677. The van der Waals surface area contributed by atoms with Gasteiger partial charge in [-0.05, 0) is 12.8 Å². The van der Waals surface area contributed by atoms with E-state index in [2.05, 4.69) is 13.8 Å². The first-order valence-corrected chi connectivity index (χ1v) is 5.37. The Kier molecular flexibility index (Phi) is 30.9. The molecule has 2 N–H and O–H groups in total. The van der Waals surface area contributed by atoms with E-state index in [0.717, 1.165) is 27.2 Å². The standard InChI is InChI=1S/C8H18O.C2H4O2.CH4O/c1-3-5-7-9-8-6-4-2;1-2(3)4;1-2/h3-8H2,1-2H3;1H3,(H,3,4);2H,1H3. The highest BCUT2D eigenvalue weighted by Gasteiger charge is 1.84. The van der Waals surface area contributed by atoms with E-state index in [0.29, 0.717) is 0 Å². The zero-order chi connectivity index (χ0) is 12.5. The normalized spacial score (nSPS) is 8.07. The topological polar surface area (TPSA) is 66.8 Å². The van der Waals surface area contributed by atoms with Gasteiger partial charge in [-0.3, -0.25) is 4.79 Å². The zero-order valence-electron chi connectivity index (χ0n) is 10.5. The van der Waals surface area contributed by atoms with Crippen molar-refractivity contribution in [3.63, 3.8) is 0 Å². The number of carboxylic acid groups (broad SMARTS) is 1. The minimum Gasteiger partial charge on any atom is -0.481 e. The molecule has 0 aromatic rings. The summed E-state index contributed by atoms with van der Waals surface area (Å²) in [5, 5.41) is 14.4. The minimum absolute atomic E-state index is 0.833. The average Bonchev–Trinajstić information content (AvgIpc) is 2.20. The number of carboxylic acids is 1. The third-order valence-electron chi connectivity index (χ3n) is 1.28. The molecule has 0 aromatic heterocycles. The maximum absolute atomic E-state index is 9.00. The van der Waals surface area contributed by atoms with Crippen LogP contribution >= 0.6 is 0 Å². The molecule has 0 aliphatic rings. The first kappa shape index (κ1) is 19.9. The fraction of sp³-hybridized carbons (Fsp3) is 0.909. The van der Waals surface area contributed by atoms with Gasteiger partial charge >= 0.3 is 0 Å². The molecule has 0 amide bonds. The molecule has 0 aromatic carbocycles. The predicted octanol–water partition coefficient (Wildman–Crippen LogP) is 2.30. The van der Waals surface area contributed by atoms with Crippen LogP contribution in [-0.2, 0) is 9.53 Å². The van der Waals surface area contributed by atoms with Crippen molar-refractivity contribution in [3.05, 3.63) is 0 Å². The number of unbranched alkanes of at least 4 members (excludes halogenated alkanes) is 2. The Morgan fingerprint density at radius 3 is 1.53 bits per heavy atom. The number of aliphatic carboxylic acids is 1. The van der Waals surface area contributed by atoms with Crippen LogP contribution in [-0.4, -0.2) is 36.5 Å². The van der Waals surface area contributed by atoms with E-state index in [-0.39, 0.29) is 0 Å². The smallest absolute Gasteiger partial charge is 0.300 e. The monoisotopic (exact) mass is 222 g/mol. The highest BCUT2D eigenvalue weighted by molar-refractivity contribution is 5.62. The maximum atomic E-state index is 9.00. The van der Waals surface area contributed by atoms with E-state index in [4.69, 9.17) is 19.7 Å². The number of aliphatic hydroxyl groups is 1. The molecule has 0 saturated heterocycles. The lowest BCUT2D eigenvalue weighted by molar-refractivity contribution is -0.134. The van der Waals surface area contributed by atoms with E-state index < -0.39 is 5.97 Å². The number of hydrogen-bond donors (Lipinski definition) is 2. The molecule has 15 heavy (non-hydrogen) atoms. The summed E-state index contributed by atoms with van der Waals surface area (Å²) in [6.07, 6.45) is 4.91. The minimum atomic E-state index is -0.833. The first-order valence-electron chi connectivity index (χ1n) is 5.37. The summed E-state index contributed by atoms with van der Waals surface area (Å²) in [4.78, 5) is 9.00. The zero-order valence-corrected chi connectivity index (χ0v) is 10.5. The Bertz CT molecular complexity index is 94.8. The van der Waals surface area contributed by atoms with Crippen LogP contribution in [0.25, 0.3) is 0 Å². The lowest BCUT2D eigenvalue weighted by atomic mass is 10.3. The molecular formula is C11H26O4. The fourth-order valence-corrected chi connectivity index (χ4v) is 0.595. The van der Waals surface area contributed by atoms with E-state index in [1.54, 1.807) is 0 Å². The molecule has 0 fully saturated rings. The summed E-state index contributed by atoms with van der Waals surface area (Å²) in [6, 6.07) is 0. The van der Waals surface area contributed by atoms with Crippen LogP contribution in [0, 0.1) is 0 Å². The molecule has 0 bridgehead atoms. The summed E-state index contributed by atoms with van der Waals surface area (Å²) in [7, 11) is 1.00. The fourth-order valence-electron chi connectivity index (χ4n) is 0.595. The maximum Gasteiger partial charge on any atom is 0.300 e. The molecule has 0 aliphatic heterocycles. The van der Waals surface area contributed by atoms with Crippen LogP contribution < -0.4 is 0 Å². The van der Waals surface area contributed by atoms with E-state index in [1.165, 1.54) is 25.7 Å². The van der Waals surface area contributed by atoms with Crippen molar-refractivity contribution in [3.8, 4) is 0 Å². The highest BCUT2D eigenvalue weighted by Crippen LogP contribution is 1.91. The average molecular weight is 222 g/mol. The number of carbonyl (C=O) groups is 1. The second-order valence-electron chi connectivity index (χ2n) is 2.84. The molecule has 0 aliphatic carbocycles. The van der Waals surface area contributed by atoms with Gasteiger partial charge in [-0.2, -0.15) is 0 Å². The lowest BCUT2D eigenvalue weighted by Gasteiger charge is -1.99. The van der Waals surface area contributed by atoms with Gasteiger partial charge in [-0.15, -0.1) is 0 Å². The van der Waals surface area contributed by atoms with Crippen molar-refractivity contribution in [2.75, 3.05) is 20.3 Å². The molecule has 0 rings (SSSR count). The van der Waals surface area contributed by atoms with Crippen molar-refractivity contribution in [1.82, 2.24) is 0 Å². The molecule has 0 radical (unpaired) electrons.